The lowest BCUT2D eigenvalue weighted by molar-refractivity contribution is 0.0127. The van der Waals surface area contributed by atoms with Gasteiger partial charge in [-0.15, -0.1) is 0 Å². The summed E-state index contributed by atoms with van der Waals surface area (Å²) in [6.07, 6.45) is 1.44. The maximum absolute atomic E-state index is 12.5. The largest absolute Gasteiger partial charge is 0.286 e. The minimum Gasteiger partial charge on any atom is -0.255 e. The highest BCUT2D eigenvalue weighted by atomic mass is 19.3. The second-order valence-electron chi connectivity index (χ2n) is 2.61. The molecule has 0 saturated carbocycles. The summed E-state index contributed by atoms with van der Waals surface area (Å²) in [5, 5.41) is 0. The maximum atomic E-state index is 12.5. The maximum Gasteiger partial charge on any atom is 0.286 e. The molecule has 0 aliphatic heterocycles. The highest BCUT2D eigenvalue weighted by Gasteiger charge is 2.25. The summed E-state index contributed by atoms with van der Waals surface area (Å²) in [5.41, 5.74) is 0.709. The summed E-state index contributed by atoms with van der Waals surface area (Å²) in [4.78, 5) is 3.60. The van der Waals surface area contributed by atoms with Crippen molar-refractivity contribution in [1.82, 2.24) is 4.98 Å². The van der Waals surface area contributed by atoms with Crippen LogP contribution in [0.4, 0.5) is 8.78 Å². The van der Waals surface area contributed by atoms with E-state index in [0.29, 0.717) is 0 Å². The number of pyridine rings is 1. The zero-order chi connectivity index (χ0) is 8.48. The van der Waals surface area contributed by atoms with Crippen LogP contribution in [0.3, 0.4) is 0 Å². The molecule has 0 aromatic carbocycles. The van der Waals surface area contributed by atoms with E-state index in [4.69, 9.17) is 0 Å². The predicted molar refractivity (Wildman–Crippen MR) is 38.5 cm³/mol. The smallest absolute Gasteiger partial charge is 0.255 e. The van der Waals surface area contributed by atoms with Gasteiger partial charge in [-0.25, -0.2) is 0 Å². The highest BCUT2D eigenvalue weighted by Crippen LogP contribution is 2.24. The van der Waals surface area contributed by atoms with E-state index >= 15 is 0 Å². The van der Waals surface area contributed by atoms with E-state index in [-0.39, 0.29) is 5.69 Å². The first-order valence-corrected chi connectivity index (χ1v) is 3.31. The number of aryl methyl sites for hydroxylation is 1. The van der Waals surface area contributed by atoms with Gasteiger partial charge in [0.2, 0.25) is 0 Å². The van der Waals surface area contributed by atoms with Gasteiger partial charge in [0.1, 0.15) is 5.69 Å². The summed E-state index contributed by atoms with van der Waals surface area (Å²) in [6.45, 7) is 2.65. The van der Waals surface area contributed by atoms with Gasteiger partial charge in [-0.05, 0) is 18.6 Å². The van der Waals surface area contributed by atoms with Crippen LogP contribution in [0.1, 0.15) is 18.2 Å². The van der Waals surface area contributed by atoms with Gasteiger partial charge < -0.3 is 0 Å². The third-order valence-electron chi connectivity index (χ3n) is 1.36. The Morgan fingerprint density at radius 2 is 2.00 bits per heavy atom. The molecule has 0 N–H and O–H groups in total. The average molecular weight is 157 g/mol. The van der Waals surface area contributed by atoms with Crippen LogP contribution in [0.25, 0.3) is 0 Å². The summed E-state index contributed by atoms with van der Waals surface area (Å²) in [6, 6.07) is 2.97. The minimum absolute atomic E-state index is 0.178. The van der Waals surface area contributed by atoms with Crippen LogP contribution in [-0.4, -0.2) is 4.98 Å². The molecule has 1 aromatic heterocycles. The molecule has 0 radical (unpaired) electrons. The molecule has 1 heterocycles. The molecule has 1 aromatic rings. The van der Waals surface area contributed by atoms with E-state index in [9.17, 15) is 8.78 Å². The van der Waals surface area contributed by atoms with Crippen molar-refractivity contribution >= 4 is 0 Å². The zero-order valence-electron chi connectivity index (χ0n) is 6.44. The molecule has 0 atom stereocenters. The molecule has 0 amide bonds. The van der Waals surface area contributed by atoms with Crippen molar-refractivity contribution in [3.8, 4) is 0 Å². The van der Waals surface area contributed by atoms with Crippen LogP contribution in [-0.2, 0) is 5.92 Å². The summed E-state index contributed by atoms with van der Waals surface area (Å²) >= 11 is 0. The lowest BCUT2D eigenvalue weighted by Crippen LogP contribution is -2.08. The Balaban J connectivity index is 2.99. The summed E-state index contributed by atoms with van der Waals surface area (Å²) in [5.74, 6) is -2.83. The fourth-order valence-electron chi connectivity index (χ4n) is 0.727. The molecule has 0 aliphatic rings. The summed E-state index contributed by atoms with van der Waals surface area (Å²) in [7, 11) is 0. The van der Waals surface area contributed by atoms with Gasteiger partial charge >= 0.3 is 0 Å². The first-order valence-electron chi connectivity index (χ1n) is 3.31. The van der Waals surface area contributed by atoms with Crippen LogP contribution < -0.4 is 0 Å². The Hall–Kier alpha value is -0.990. The third-order valence-corrected chi connectivity index (χ3v) is 1.36. The second-order valence-corrected chi connectivity index (χ2v) is 2.61. The number of alkyl halides is 2. The van der Waals surface area contributed by atoms with E-state index in [1.54, 1.807) is 6.07 Å². The SMILES string of the molecule is Cc1ccc(C(C)(F)F)nc1. The number of aromatic nitrogens is 1. The molecular weight excluding hydrogens is 148 g/mol. The van der Waals surface area contributed by atoms with E-state index in [2.05, 4.69) is 4.98 Å². The Kier molecular flexibility index (Phi) is 1.89. The summed E-state index contributed by atoms with van der Waals surface area (Å²) < 4.78 is 25.0. The molecule has 11 heavy (non-hydrogen) atoms. The molecule has 3 heteroatoms. The normalized spacial score (nSPS) is 11.6. The second kappa shape index (κ2) is 2.57. The quantitative estimate of drug-likeness (QED) is 0.610. The predicted octanol–water partition coefficient (Wildman–Crippen LogP) is 2.50. The molecule has 60 valence electrons. The van der Waals surface area contributed by atoms with Crippen LogP contribution >= 0.6 is 0 Å². The number of hydrogen-bond donors (Lipinski definition) is 0. The standard InChI is InChI=1S/C8H9F2N/c1-6-3-4-7(11-5-6)8(2,9)10/h3-5H,1-2H3. The van der Waals surface area contributed by atoms with Crippen molar-refractivity contribution < 1.29 is 8.78 Å². The molecule has 1 nitrogen and oxygen atoms in total. The van der Waals surface area contributed by atoms with Gasteiger partial charge in [0.05, 0.1) is 0 Å². The van der Waals surface area contributed by atoms with Crippen molar-refractivity contribution in [3.63, 3.8) is 0 Å². The lowest BCUT2D eigenvalue weighted by atomic mass is 10.2. The molecule has 1 rings (SSSR count). The van der Waals surface area contributed by atoms with Crippen LogP contribution in [0.5, 0.6) is 0 Å². The Morgan fingerprint density at radius 3 is 2.36 bits per heavy atom. The van der Waals surface area contributed by atoms with Gasteiger partial charge in [-0.2, -0.15) is 8.78 Å². The Labute approximate surface area is 64.1 Å². The van der Waals surface area contributed by atoms with Gasteiger partial charge in [0.25, 0.3) is 5.92 Å². The van der Waals surface area contributed by atoms with Crippen LogP contribution in [0.15, 0.2) is 18.3 Å². The lowest BCUT2D eigenvalue weighted by Gasteiger charge is -2.08. The van der Waals surface area contributed by atoms with Crippen molar-refractivity contribution in [3.05, 3.63) is 29.6 Å². The monoisotopic (exact) mass is 157 g/mol. The van der Waals surface area contributed by atoms with Gasteiger partial charge in [-0.1, -0.05) is 6.07 Å². The van der Waals surface area contributed by atoms with Crippen molar-refractivity contribution in [2.45, 2.75) is 19.8 Å². The van der Waals surface area contributed by atoms with Crippen molar-refractivity contribution in [2.24, 2.45) is 0 Å². The molecule has 0 saturated heterocycles. The molecular formula is C8H9F2N. The Bertz CT molecular complexity index is 235. The first-order chi connectivity index (χ1) is 5.00. The number of hydrogen-bond acceptors (Lipinski definition) is 1. The minimum atomic E-state index is -2.83. The van der Waals surface area contributed by atoms with Crippen molar-refractivity contribution in [2.75, 3.05) is 0 Å². The van der Waals surface area contributed by atoms with Crippen LogP contribution in [0.2, 0.25) is 0 Å². The van der Waals surface area contributed by atoms with E-state index < -0.39 is 5.92 Å². The first kappa shape index (κ1) is 8.11. The van der Waals surface area contributed by atoms with E-state index in [1.807, 2.05) is 6.92 Å². The van der Waals surface area contributed by atoms with Gasteiger partial charge in [0.15, 0.2) is 0 Å². The fourth-order valence-corrected chi connectivity index (χ4v) is 0.727. The average Bonchev–Trinajstić information content (AvgIpc) is 1.86. The van der Waals surface area contributed by atoms with Crippen molar-refractivity contribution in [1.29, 1.82) is 0 Å². The van der Waals surface area contributed by atoms with Gasteiger partial charge in [0, 0.05) is 13.1 Å². The zero-order valence-corrected chi connectivity index (χ0v) is 6.44. The third kappa shape index (κ3) is 1.97. The molecule has 0 aliphatic carbocycles. The van der Waals surface area contributed by atoms with Crippen LogP contribution in [0, 0.1) is 6.92 Å². The molecule has 0 unspecified atom stereocenters. The number of rotatable bonds is 1. The molecule has 0 fully saturated rings. The topological polar surface area (TPSA) is 12.9 Å². The highest BCUT2D eigenvalue weighted by molar-refractivity contribution is 5.15. The number of halogens is 2. The van der Waals surface area contributed by atoms with E-state index in [1.165, 1.54) is 12.3 Å². The van der Waals surface area contributed by atoms with Gasteiger partial charge in [-0.3, -0.25) is 4.98 Å². The molecule has 0 spiro atoms. The molecule has 0 bridgehead atoms. The van der Waals surface area contributed by atoms with E-state index in [0.717, 1.165) is 12.5 Å². The number of nitrogens with zero attached hydrogens (tertiary/aromatic N) is 1. The fraction of sp³-hybridized carbons (Fsp3) is 0.375. The Morgan fingerprint density at radius 1 is 1.36 bits per heavy atom.